The highest BCUT2D eigenvalue weighted by atomic mass is 32.1. The molecule has 0 aliphatic heterocycles. The van der Waals surface area contributed by atoms with Crippen molar-refractivity contribution in [3.8, 4) is 11.3 Å². The molecular weight excluding hydrogens is 406 g/mol. The van der Waals surface area contributed by atoms with Crippen LogP contribution in [0.2, 0.25) is 0 Å². The van der Waals surface area contributed by atoms with E-state index in [-0.39, 0.29) is 10.8 Å². The van der Waals surface area contributed by atoms with Crippen molar-refractivity contribution in [1.29, 1.82) is 0 Å². The summed E-state index contributed by atoms with van der Waals surface area (Å²) in [5, 5.41) is 3.68. The molecule has 0 radical (unpaired) electrons. The van der Waals surface area contributed by atoms with Gasteiger partial charge >= 0.3 is 0 Å². The Morgan fingerprint density at radius 2 is 1.47 bits per heavy atom. The molecule has 0 saturated carbocycles. The monoisotopic (exact) mass is 453 g/mol. The molecule has 32 heavy (non-hydrogen) atoms. The SMILES string of the molecule is CCCCCCCCCC(CCC)c1nc(-c2ccc3c(c2)C(C)(C)CCC3(C)C)cs1. The Labute approximate surface area is 202 Å². The number of hydrogen-bond acceptors (Lipinski definition) is 2. The zero-order valence-corrected chi connectivity index (χ0v) is 22.5. The van der Waals surface area contributed by atoms with Gasteiger partial charge in [0.2, 0.25) is 0 Å². The Hall–Kier alpha value is -1.15. The Kier molecular flexibility index (Phi) is 9.01. The lowest BCUT2D eigenvalue weighted by atomic mass is 9.63. The summed E-state index contributed by atoms with van der Waals surface area (Å²) in [6.07, 6.45) is 16.1. The molecule has 1 nitrogen and oxygen atoms in total. The van der Waals surface area contributed by atoms with Crippen molar-refractivity contribution in [2.24, 2.45) is 0 Å². The number of aromatic nitrogens is 1. The van der Waals surface area contributed by atoms with Crippen LogP contribution in [0, 0.1) is 0 Å². The van der Waals surface area contributed by atoms with E-state index in [1.165, 1.54) is 104 Å². The van der Waals surface area contributed by atoms with Crippen LogP contribution >= 0.6 is 11.3 Å². The maximum absolute atomic E-state index is 5.19. The van der Waals surface area contributed by atoms with E-state index in [0.29, 0.717) is 5.92 Å². The normalized spacial score (nSPS) is 17.8. The van der Waals surface area contributed by atoms with Crippen LogP contribution in [-0.2, 0) is 10.8 Å². The highest BCUT2D eigenvalue weighted by Gasteiger charge is 2.37. The molecule has 1 aliphatic rings. The van der Waals surface area contributed by atoms with Gasteiger partial charge in [-0.3, -0.25) is 0 Å². The van der Waals surface area contributed by atoms with Gasteiger partial charge in [0.15, 0.2) is 0 Å². The van der Waals surface area contributed by atoms with Gasteiger partial charge in [-0.05, 0) is 53.7 Å². The average molecular weight is 454 g/mol. The van der Waals surface area contributed by atoms with Gasteiger partial charge in [-0.15, -0.1) is 11.3 Å². The molecule has 178 valence electrons. The van der Waals surface area contributed by atoms with Gasteiger partial charge in [-0.2, -0.15) is 0 Å². The summed E-state index contributed by atoms with van der Waals surface area (Å²) in [6, 6.07) is 7.18. The van der Waals surface area contributed by atoms with Crippen LogP contribution < -0.4 is 0 Å². The molecule has 0 spiro atoms. The van der Waals surface area contributed by atoms with Crippen LogP contribution in [0.15, 0.2) is 23.6 Å². The van der Waals surface area contributed by atoms with Crippen LogP contribution in [0.25, 0.3) is 11.3 Å². The third-order valence-corrected chi connectivity index (χ3v) is 8.82. The Balaban J connectivity index is 1.69. The fraction of sp³-hybridized carbons (Fsp3) is 0.700. The lowest BCUT2D eigenvalue weighted by Gasteiger charge is -2.42. The first-order valence-electron chi connectivity index (χ1n) is 13.4. The number of thiazole rings is 1. The Morgan fingerprint density at radius 3 is 2.16 bits per heavy atom. The van der Waals surface area contributed by atoms with Crippen LogP contribution in [0.5, 0.6) is 0 Å². The first-order chi connectivity index (χ1) is 15.3. The van der Waals surface area contributed by atoms with Gasteiger partial charge in [0.25, 0.3) is 0 Å². The van der Waals surface area contributed by atoms with Crippen molar-refractivity contribution in [2.75, 3.05) is 0 Å². The molecule has 1 unspecified atom stereocenters. The van der Waals surface area contributed by atoms with Crippen molar-refractivity contribution >= 4 is 11.3 Å². The topological polar surface area (TPSA) is 12.9 Å². The second-order valence-corrected chi connectivity index (χ2v) is 12.4. The number of hydrogen-bond donors (Lipinski definition) is 0. The zero-order chi connectivity index (χ0) is 23.2. The minimum Gasteiger partial charge on any atom is -0.241 e. The molecule has 0 fully saturated rings. The number of rotatable bonds is 12. The second kappa shape index (κ2) is 11.3. The zero-order valence-electron chi connectivity index (χ0n) is 21.7. The molecular formula is C30H47NS. The van der Waals surface area contributed by atoms with Crippen LogP contribution in [0.3, 0.4) is 0 Å². The fourth-order valence-electron chi connectivity index (χ4n) is 5.44. The lowest BCUT2D eigenvalue weighted by Crippen LogP contribution is -2.33. The van der Waals surface area contributed by atoms with Crippen LogP contribution in [-0.4, -0.2) is 4.98 Å². The Morgan fingerprint density at radius 1 is 0.812 bits per heavy atom. The molecule has 3 rings (SSSR count). The van der Waals surface area contributed by atoms with E-state index in [9.17, 15) is 0 Å². The Bertz CT molecular complexity index is 844. The highest BCUT2D eigenvalue weighted by molar-refractivity contribution is 7.10. The third-order valence-electron chi connectivity index (χ3n) is 7.81. The van der Waals surface area contributed by atoms with E-state index < -0.39 is 0 Å². The van der Waals surface area contributed by atoms with E-state index in [0.717, 1.165) is 0 Å². The number of nitrogens with zero attached hydrogens (tertiary/aromatic N) is 1. The number of unbranched alkanes of at least 4 members (excludes halogenated alkanes) is 6. The minimum atomic E-state index is 0.252. The molecule has 0 bridgehead atoms. The summed E-state index contributed by atoms with van der Waals surface area (Å²) in [4.78, 5) is 5.19. The fourth-order valence-corrected chi connectivity index (χ4v) is 6.44. The third kappa shape index (κ3) is 6.25. The molecule has 0 amide bonds. The van der Waals surface area contributed by atoms with Gasteiger partial charge in [0, 0.05) is 16.9 Å². The molecule has 2 aromatic rings. The first kappa shape index (κ1) is 25.5. The maximum Gasteiger partial charge on any atom is 0.0963 e. The minimum absolute atomic E-state index is 0.252. The predicted molar refractivity (Wildman–Crippen MR) is 143 cm³/mol. The van der Waals surface area contributed by atoms with E-state index in [1.807, 2.05) is 11.3 Å². The summed E-state index contributed by atoms with van der Waals surface area (Å²) in [6.45, 7) is 14.2. The van der Waals surface area contributed by atoms with Crippen molar-refractivity contribution in [3.05, 3.63) is 39.7 Å². The summed E-state index contributed by atoms with van der Waals surface area (Å²) >= 11 is 1.89. The van der Waals surface area contributed by atoms with Crippen LogP contribution in [0.1, 0.15) is 141 Å². The molecule has 1 aromatic heterocycles. The lowest BCUT2D eigenvalue weighted by molar-refractivity contribution is 0.332. The van der Waals surface area contributed by atoms with E-state index in [4.69, 9.17) is 4.98 Å². The smallest absolute Gasteiger partial charge is 0.0963 e. The molecule has 1 heterocycles. The number of benzene rings is 1. The van der Waals surface area contributed by atoms with E-state index in [2.05, 4.69) is 65.1 Å². The number of fused-ring (bicyclic) bond motifs is 1. The highest BCUT2D eigenvalue weighted by Crippen LogP contribution is 2.47. The van der Waals surface area contributed by atoms with Crippen molar-refractivity contribution in [3.63, 3.8) is 0 Å². The molecule has 0 N–H and O–H groups in total. The van der Waals surface area contributed by atoms with E-state index in [1.54, 1.807) is 0 Å². The van der Waals surface area contributed by atoms with Crippen molar-refractivity contribution < 1.29 is 0 Å². The summed E-state index contributed by atoms with van der Waals surface area (Å²) < 4.78 is 0. The van der Waals surface area contributed by atoms with Gasteiger partial charge < -0.3 is 0 Å². The summed E-state index contributed by atoms with van der Waals surface area (Å²) in [5.74, 6) is 0.641. The van der Waals surface area contributed by atoms with Crippen molar-refractivity contribution in [1.82, 2.24) is 4.98 Å². The molecule has 1 aliphatic carbocycles. The van der Waals surface area contributed by atoms with Gasteiger partial charge in [0.1, 0.15) is 0 Å². The molecule has 0 saturated heterocycles. The second-order valence-electron chi connectivity index (χ2n) is 11.5. The van der Waals surface area contributed by atoms with Gasteiger partial charge in [-0.25, -0.2) is 4.98 Å². The molecule has 1 atom stereocenters. The van der Waals surface area contributed by atoms with Gasteiger partial charge in [0.05, 0.1) is 10.7 Å². The van der Waals surface area contributed by atoms with Crippen LogP contribution in [0.4, 0.5) is 0 Å². The predicted octanol–water partition coefficient (Wildman–Crippen LogP) is 10.2. The summed E-state index contributed by atoms with van der Waals surface area (Å²) in [5.41, 5.74) is 6.10. The first-order valence-corrected chi connectivity index (χ1v) is 14.3. The standard InChI is InChI=1S/C30H47NS/c1-7-9-10-11-12-13-14-16-23(15-8-2)28-31-27(22-32-28)24-17-18-25-26(21-24)30(5,6)20-19-29(25,3)4/h17-18,21-23H,7-16,19-20H2,1-6H3. The largest absolute Gasteiger partial charge is 0.241 e. The average Bonchev–Trinajstić information content (AvgIpc) is 3.25. The molecule has 1 aromatic carbocycles. The van der Waals surface area contributed by atoms with E-state index >= 15 is 0 Å². The van der Waals surface area contributed by atoms with Gasteiger partial charge in [-0.1, -0.05) is 105 Å². The summed E-state index contributed by atoms with van der Waals surface area (Å²) in [7, 11) is 0. The van der Waals surface area contributed by atoms with Crippen molar-refractivity contribution in [2.45, 2.75) is 135 Å². The maximum atomic E-state index is 5.19. The molecule has 2 heteroatoms. The quantitative estimate of drug-likeness (QED) is 0.291.